The molecule has 1 amide bonds. The largest absolute Gasteiger partial charge is 0.298 e. The predicted octanol–water partition coefficient (Wildman–Crippen LogP) is 3.56. The van der Waals surface area contributed by atoms with Crippen LogP contribution in [0.4, 0.5) is 5.13 Å². The second kappa shape index (κ2) is 6.83. The number of nitrogens with one attached hydrogen (secondary N) is 1. The zero-order chi connectivity index (χ0) is 18.2. The summed E-state index contributed by atoms with van der Waals surface area (Å²) in [4.78, 5) is 16.8. The number of anilines is 1. The monoisotopic (exact) mass is 439 g/mol. The number of hydrogen-bond acceptors (Lipinski definition) is 5. The summed E-state index contributed by atoms with van der Waals surface area (Å²) in [6, 6.07) is 11.5. The number of aromatic nitrogens is 1. The molecule has 1 aromatic heterocycles. The lowest BCUT2D eigenvalue weighted by Gasteiger charge is -2.11. The number of carbonyl (C=O) groups excluding carboxylic acids is 1. The van der Waals surface area contributed by atoms with Gasteiger partial charge in [-0.1, -0.05) is 27.3 Å². The van der Waals surface area contributed by atoms with Gasteiger partial charge in [0.15, 0.2) is 5.13 Å². The van der Waals surface area contributed by atoms with Gasteiger partial charge in [0.2, 0.25) is 10.0 Å². The Morgan fingerprint density at radius 2 is 1.84 bits per heavy atom. The van der Waals surface area contributed by atoms with Gasteiger partial charge in [0, 0.05) is 24.1 Å². The summed E-state index contributed by atoms with van der Waals surface area (Å²) in [5.41, 5.74) is 1.16. The van der Waals surface area contributed by atoms with Gasteiger partial charge in [-0.05, 0) is 42.5 Å². The second-order valence-electron chi connectivity index (χ2n) is 5.40. The molecule has 6 nitrogen and oxygen atoms in total. The maximum Gasteiger partial charge on any atom is 0.257 e. The Kier molecular flexibility index (Phi) is 4.92. The van der Waals surface area contributed by atoms with Crippen LogP contribution in [0.1, 0.15) is 10.4 Å². The van der Waals surface area contributed by atoms with E-state index in [-0.39, 0.29) is 10.8 Å². The first kappa shape index (κ1) is 18.0. The molecule has 3 aromatic rings. The van der Waals surface area contributed by atoms with Crippen LogP contribution in [-0.4, -0.2) is 37.7 Å². The van der Waals surface area contributed by atoms with E-state index in [1.54, 1.807) is 0 Å². The van der Waals surface area contributed by atoms with Crippen LogP contribution >= 0.6 is 27.3 Å². The number of amides is 1. The minimum Gasteiger partial charge on any atom is -0.298 e. The van der Waals surface area contributed by atoms with Gasteiger partial charge in [-0.15, -0.1) is 0 Å². The Hall–Kier alpha value is -1.81. The number of carbonyl (C=O) groups is 1. The first-order valence-corrected chi connectivity index (χ1v) is 10.2. The van der Waals surface area contributed by atoms with Crippen molar-refractivity contribution < 1.29 is 13.2 Å². The summed E-state index contributed by atoms with van der Waals surface area (Å²) in [5, 5.41) is 3.23. The molecule has 25 heavy (non-hydrogen) atoms. The zero-order valence-electron chi connectivity index (χ0n) is 13.4. The maximum absolute atomic E-state index is 12.3. The highest BCUT2D eigenvalue weighted by molar-refractivity contribution is 9.10. The van der Waals surface area contributed by atoms with Crippen LogP contribution in [0.25, 0.3) is 10.2 Å². The van der Waals surface area contributed by atoms with Gasteiger partial charge in [0.05, 0.1) is 15.1 Å². The summed E-state index contributed by atoms with van der Waals surface area (Å²) < 4.78 is 27.1. The lowest BCUT2D eigenvalue weighted by molar-refractivity contribution is 0.102. The molecule has 0 aliphatic carbocycles. The molecule has 0 atom stereocenters. The molecule has 0 unspecified atom stereocenters. The number of thiazole rings is 1. The van der Waals surface area contributed by atoms with Crippen LogP contribution in [0.15, 0.2) is 51.8 Å². The standard InChI is InChI=1S/C16H14BrN3O3S2/c1-20(2)25(22,23)12-6-3-10(4-7-12)15(21)19-16-18-13-8-5-11(17)9-14(13)24-16/h3-9H,1-2H3,(H,18,19,21). The van der Waals surface area contributed by atoms with E-state index in [1.807, 2.05) is 18.2 Å². The molecule has 0 fully saturated rings. The number of sulfonamides is 1. The van der Waals surface area contributed by atoms with Crippen LogP contribution in [0, 0.1) is 0 Å². The van der Waals surface area contributed by atoms with E-state index in [9.17, 15) is 13.2 Å². The van der Waals surface area contributed by atoms with Crippen molar-refractivity contribution in [3.8, 4) is 0 Å². The second-order valence-corrected chi connectivity index (χ2v) is 9.50. The van der Waals surface area contributed by atoms with E-state index in [0.29, 0.717) is 10.7 Å². The molecule has 0 radical (unpaired) electrons. The molecule has 0 bridgehead atoms. The molecule has 3 rings (SSSR count). The lowest BCUT2D eigenvalue weighted by atomic mass is 10.2. The molecule has 0 saturated heterocycles. The average Bonchev–Trinajstić information content (AvgIpc) is 2.96. The van der Waals surface area contributed by atoms with Gasteiger partial charge >= 0.3 is 0 Å². The van der Waals surface area contributed by atoms with Gasteiger partial charge in [-0.25, -0.2) is 17.7 Å². The number of fused-ring (bicyclic) bond motifs is 1. The molecule has 2 aromatic carbocycles. The van der Waals surface area contributed by atoms with Gasteiger partial charge in [0.1, 0.15) is 0 Å². The highest BCUT2D eigenvalue weighted by Gasteiger charge is 2.18. The van der Waals surface area contributed by atoms with E-state index in [1.165, 1.54) is 49.7 Å². The summed E-state index contributed by atoms with van der Waals surface area (Å²) in [6.07, 6.45) is 0. The Morgan fingerprint density at radius 1 is 1.16 bits per heavy atom. The number of benzene rings is 2. The Labute approximate surface area is 157 Å². The summed E-state index contributed by atoms with van der Waals surface area (Å²) in [5.74, 6) is -0.341. The summed E-state index contributed by atoms with van der Waals surface area (Å²) >= 11 is 4.77. The van der Waals surface area contributed by atoms with Crippen molar-refractivity contribution in [2.45, 2.75) is 4.90 Å². The normalized spacial score (nSPS) is 11.8. The molecule has 130 valence electrons. The summed E-state index contributed by atoms with van der Waals surface area (Å²) in [6.45, 7) is 0. The van der Waals surface area contributed by atoms with Gasteiger partial charge in [0.25, 0.3) is 5.91 Å². The van der Waals surface area contributed by atoms with E-state index >= 15 is 0 Å². The maximum atomic E-state index is 12.3. The number of hydrogen-bond donors (Lipinski definition) is 1. The SMILES string of the molecule is CN(C)S(=O)(=O)c1ccc(C(=O)Nc2nc3ccc(Br)cc3s2)cc1. The van der Waals surface area contributed by atoms with E-state index in [4.69, 9.17) is 0 Å². The van der Waals surface area contributed by atoms with Gasteiger partial charge < -0.3 is 0 Å². The fourth-order valence-electron chi connectivity index (χ4n) is 2.11. The minimum atomic E-state index is -3.51. The fourth-order valence-corrected chi connectivity index (χ4v) is 4.42. The fraction of sp³-hybridized carbons (Fsp3) is 0.125. The molecular formula is C16H14BrN3O3S2. The molecule has 0 aliphatic rings. The first-order chi connectivity index (χ1) is 11.8. The number of nitrogens with zero attached hydrogens (tertiary/aromatic N) is 2. The molecule has 0 aliphatic heterocycles. The average molecular weight is 440 g/mol. The third-order valence-electron chi connectivity index (χ3n) is 3.47. The van der Waals surface area contributed by atoms with E-state index in [0.717, 1.165) is 19.0 Å². The smallest absolute Gasteiger partial charge is 0.257 e. The van der Waals surface area contributed by atoms with Crippen LogP contribution in [0.5, 0.6) is 0 Å². The molecule has 1 heterocycles. The highest BCUT2D eigenvalue weighted by Crippen LogP contribution is 2.28. The highest BCUT2D eigenvalue weighted by atomic mass is 79.9. The molecule has 1 N–H and O–H groups in total. The zero-order valence-corrected chi connectivity index (χ0v) is 16.6. The van der Waals surface area contributed by atoms with Crippen LogP contribution in [-0.2, 0) is 10.0 Å². The van der Waals surface area contributed by atoms with E-state index < -0.39 is 10.0 Å². The lowest BCUT2D eigenvalue weighted by Crippen LogP contribution is -2.22. The van der Waals surface area contributed by atoms with E-state index in [2.05, 4.69) is 26.2 Å². The minimum absolute atomic E-state index is 0.138. The Morgan fingerprint density at radius 3 is 2.48 bits per heavy atom. The third-order valence-corrected chi connectivity index (χ3v) is 6.72. The predicted molar refractivity (Wildman–Crippen MR) is 103 cm³/mol. The molecular weight excluding hydrogens is 426 g/mol. The summed E-state index contributed by atoms with van der Waals surface area (Å²) in [7, 11) is -0.593. The van der Waals surface area contributed by atoms with Crippen molar-refractivity contribution in [3.63, 3.8) is 0 Å². The van der Waals surface area contributed by atoms with Crippen molar-refractivity contribution in [2.24, 2.45) is 0 Å². The van der Waals surface area contributed by atoms with Crippen molar-refractivity contribution in [2.75, 3.05) is 19.4 Å². The van der Waals surface area contributed by atoms with Crippen LogP contribution in [0.2, 0.25) is 0 Å². The molecule has 0 saturated carbocycles. The Balaban J connectivity index is 1.81. The third kappa shape index (κ3) is 3.74. The topological polar surface area (TPSA) is 79.4 Å². The number of rotatable bonds is 4. The van der Waals surface area contributed by atoms with Crippen molar-refractivity contribution in [1.82, 2.24) is 9.29 Å². The van der Waals surface area contributed by atoms with Crippen molar-refractivity contribution in [3.05, 3.63) is 52.5 Å². The first-order valence-electron chi connectivity index (χ1n) is 7.17. The van der Waals surface area contributed by atoms with Crippen molar-refractivity contribution >= 4 is 58.5 Å². The van der Waals surface area contributed by atoms with Gasteiger partial charge in [-0.3, -0.25) is 10.1 Å². The number of halogens is 1. The van der Waals surface area contributed by atoms with Crippen LogP contribution in [0.3, 0.4) is 0 Å². The van der Waals surface area contributed by atoms with Crippen LogP contribution < -0.4 is 5.32 Å². The Bertz CT molecular complexity index is 1040. The van der Waals surface area contributed by atoms with Gasteiger partial charge in [-0.2, -0.15) is 0 Å². The molecule has 9 heteroatoms. The van der Waals surface area contributed by atoms with Crippen molar-refractivity contribution in [1.29, 1.82) is 0 Å². The quantitative estimate of drug-likeness (QED) is 0.673. The molecule has 0 spiro atoms.